The van der Waals surface area contributed by atoms with E-state index in [2.05, 4.69) is 22.4 Å². The highest BCUT2D eigenvalue weighted by Crippen LogP contribution is 2.24. The molecular formula is C27H34N4O2. The Kier molecular flexibility index (Phi) is 6.84. The van der Waals surface area contributed by atoms with Gasteiger partial charge in [0.05, 0.1) is 5.54 Å². The molecule has 0 radical (unpaired) electrons. The molecule has 2 amide bonds. The van der Waals surface area contributed by atoms with Crippen molar-refractivity contribution >= 4 is 22.7 Å². The van der Waals surface area contributed by atoms with Crippen molar-refractivity contribution in [2.24, 2.45) is 5.73 Å². The number of piperidine rings is 1. The second-order valence-electron chi connectivity index (χ2n) is 9.68. The molecule has 3 aromatic rings. The maximum Gasteiger partial charge on any atom is 0.245 e. The fourth-order valence-electron chi connectivity index (χ4n) is 4.65. The molecule has 2 aromatic carbocycles. The molecule has 0 spiro atoms. The highest BCUT2D eigenvalue weighted by molar-refractivity contribution is 5.92. The summed E-state index contributed by atoms with van der Waals surface area (Å²) in [7, 11) is 0. The van der Waals surface area contributed by atoms with E-state index in [9.17, 15) is 9.59 Å². The number of aromatic amines is 1. The van der Waals surface area contributed by atoms with Crippen molar-refractivity contribution in [3.05, 3.63) is 71.9 Å². The maximum atomic E-state index is 13.9. The smallest absolute Gasteiger partial charge is 0.245 e. The first-order valence-electron chi connectivity index (χ1n) is 11.8. The van der Waals surface area contributed by atoms with Gasteiger partial charge in [-0.05, 0) is 56.7 Å². The van der Waals surface area contributed by atoms with E-state index in [1.165, 1.54) is 5.56 Å². The lowest BCUT2D eigenvalue weighted by atomic mass is 9.93. The summed E-state index contributed by atoms with van der Waals surface area (Å²) in [5.41, 5.74) is 8.24. The van der Waals surface area contributed by atoms with Crippen LogP contribution in [0.2, 0.25) is 0 Å². The second-order valence-corrected chi connectivity index (χ2v) is 9.68. The highest BCUT2D eigenvalue weighted by atomic mass is 16.2. The number of nitrogens with one attached hydrogen (secondary N) is 2. The summed E-state index contributed by atoms with van der Waals surface area (Å²) in [4.78, 5) is 32.0. The Morgan fingerprint density at radius 3 is 2.61 bits per heavy atom. The monoisotopic (exact) mass is 446 g/mol. The number of fused-ring (bicyclic) bond motifs is 1. The largest absolute Gasteiger partial charge is 0.361 e. The number of rotatable bonds is 7. The maximum absolute atomic E-state index is 13.9. The van der Waals surface area contributed by atoms with E-state index in [0.29, 0.717) is 13.0 Å². The van der Waals surface area contributed by atoms with E-state index in [0.717, 1.165) is 42.1 Å². The van der Waals surface area contributed by atoms with Gasteiger partial charge >= 0.3 is 0 Å². The number of para-hydroxylation sites is 1. The standard InChI is InChI=1S/C27H34N4O2/c1-27(2,28)26(33)30-24(17-20-18-29-23-14-7-6-13-22(20)23)25(32)31-15-9-8-12-21(31)16-19-10-4-3-5-11-19/h3-7,10-11,13-14,18,21,24,29H,8-9,12,15-17,28H2,1-2H3,(H,30,33). The third-order valence-corrected chi connectivity index (χ3v) is 6.51. The van der Waals surface area contributed by atoms with E-state index in [1.54, 1.807) is 13.8 Å². The van der Waals surface area contributed by atoms with Crippen LogP contribution in [0, 0.1) is 0 Å². The first kappa shape index (κ1) is 23.1. The topological polar surface area (TPSA) is 91.2 Å². The molecule has 6 heteroatoms. The zero-order chi connectivity index (χ0) is 23.4. The third kappa shape index (κ3) is 5.45. The van der Waals surface area contributed by atoms with Gasteiger partial charge in [-0.2, -0.15) is 0 Å². The van der Waals surface area contributed by atoms with Crippen LogP contribution in [-0.4, -0.2) is 45.9 Å². The molecule has 0 aliphatic carbocycles. The predicted molar refractivity (Wildman–Crippen MR) is 132 cm³/mol. The molecule has 2 unspecified atom stereocenters. The van der Waals surface area contributed by atoms with Crippen molar-refractivity contribution in [1.82, 2.24) is 15.2 Å². The molecule has 2 atom stereocenters. The Hall–Kier alpha value is -3.12. The Labute approximate surface area is 195 Å². The molecule has 174 valence electrons. The Morgan fingerprint density at radius 1 is 1.12 bits per heavy atom. The van der Waals surface area contributed by atoms with E-state index in [1.807, 2.05) is 53.6 Å². The zero-order valence-corrected chi connectivity index (χ0v) is 19.5. The highest BCUT2D eigenvalue weighted by Gasteiger charge is 2.35. The third-order valence-electron chi connectivity index (χ3n) is 6.51. The molecule has 0 bridgehead atoms. The average molecular weight is 447 g/mol. The lowest BCUT2D eigenvalue weighted by Gasteiger charge is -2.38. The van der Waals surface area contributed by atoms with Crippen molar-refractivity contribution < 1.29 is 9.59 Å². The van der Waals surface area contributed by atoms with Gasteiger partial charge in [-0.3, -0.25) is 9.59 Å². The normalized spacial score (nSPS) is 17.7. The molecule has 4 rings (SSSR count). The number of aromatic nitrogens is 1. The summed E-state index contributed by atoms with van der Waals surface area (Å²) >= 11 is 0. The first-order valence-corrected chi connectivity index (χ1v) is 11.8. The number of carbonyl (C=O) groups excluding carboxylic acids is 2. The number of nitrogens with zero attached hydrogens (tertiary/aromatic N) is 1. The lowest BCUT2D eigenvalue weighted by molar-refractivity contribution is -0.140. The van der Waals surface area contributed by atoms with E-state index < -0.39 is 11.6 Å². The molecule has 1 aromatic heterocycles. The Morgan fingerprint density at radius 2 is 1.85 bits per heavy atom. The summed E-state index contributed by atoms with van der Waals surface area (Å²) in [6, 6.07) is 17.8. The van der Waals surface area contributed by atoms with Crippen LogP contribution in [0.4, 0.5) is 0 Å². The summed E-state index contributed by atoms with van der Waals surface area (Å²) in [5.74, 6) is -0.351. The molecule has 1 aliphatic heterocycles. The average Bonchev–Trinajstić information content (AvgIpc) is 3.21. The van der Waals surface area contributed by atoms with Gasteiger partial charge in [-0.15, -0.1) is 0 Å². The predicted octanol–water partition coefficient (Wildman–Crippen LogP) is 3.56. The van der Waals surface area contributed by atoms with Gasteiger partial charge in [0.25, 0.3) is 0 Å². The van der Waals surface area contributed by atoms with Gasteiger partial charge in [-0.1, -0.05) is 48.5 Å². The Bertz CT molecular complexity index is 1100. The molecule has 6 nitrogen and oxygen atoms in total. The van der Waals surface area contributed by atoms with Gasteiger partial charge in [-0.25, -0.2) is 0 Å². The number of carbonyl (C=O) groups is 2. The summed E-state index contributed by atoms with van der Waals surface area (Å²) in [6.45, 7) is 4.03. The van der Waals surface area contributed by atoms with Crippen molar-refractivity contribution in [2.45, 2.75) is 63.6 Å². The molecule has 2 heterocycles. The Balaban J connectivity index is 1.60. The van der Waals surface area contributed by atoms with Crippen molar-refractivity contribution in [3.8, 4) is 0 Å². The minimum absolute atomic E-state index is 0.0292. The molecule has 1 aliphatic rings. The van der Waals surface area contributed by atoms with Crippen LogP contribution >= 0.6 is 0 Å². The van der Waals surface area contributed by atoms with Crippen molar-refractivity contribution in [3.63, 3.8) is 0 Å². The van der Waals surface area contributed by atoms with Crippen LogP contribution in [0.5, 0.6) is 0 Å². The van der Waals surface area contributed by atoms with Gasteiger partial charge < -0.3 is 20.9 Å². The molecular weight excluding hydrogens is 412 g/mol. The number of amides is 2. The van der Waals surface area contributed by atoms with Crippen LogP contribution in [-0.2, 0) is 22.4 Å². The van der Waals surface area contributed by atoms with Crippen LogP contribution in [0.25, 0.3) is 10.9 Å². The molecule has 1 fully saturated rings. The van der Waals surface area contributed by atoms with Gasteiger partial charge in [0.15, 0.2) is 0 Å². The van der Waals surface area contributed by atoms with Crippen molar-refractivity contribution in [2.75, 3.05) is 6.54 Å². The van der Waals surface area contributed by atoms with Crippen LogP contribution < -0.4 is 11.1 Å². The van der Waals surface area contributed by atoms with E-state index >= 15 is 0 Å². The number of H-pyrrole nitrogens is 1. The first-order chi connectivity index (χ1) is 15.8. The summed E-state index contributed by atoms with van der Waals surface area (Å²) in [5, 5.41) is 4.04. The van der Waals surface area contributed by atoms with Gasteiger partial charge in [0.2, 0.25) is 11.8 Å². The van der Waals surface area contributed by atoms with E-state index in [4.69, 9.17) is 5.73 Å². The lowest BCUT2D eigenvalue weighted by Crippen LogP contribution is -2.59. The van der Waals surface area contributed by atoms with Crippen LogP contribution in [0.1, 0.15) is 44.2 Å². The minimum atomic E-state index is -1.07. The van der Waals surface area contributed by atoms with Gasteiger partial charge in [0.1, 0.15) is 6.04 Å². The molecule has 0 saturated carbocycles. The quantitative estimate of drug-likeness (QED) is 0.518. The number of benzene rings is 2. The fraction of sp³-hybridized carbons (Fsp3) is 0.407. The van der Waals surface area contributed by atoms with Crippen molar-refractivity contribution in [1.29, 1.82) is 0 Å². The molecule has 4 N–H and O–H groups in total. The van der Waals surface area contributed by atoms with Crippen LogP contribution in [0.3, 0.4) is 0 Å². The number of likely N-dealkylation sites (tertiary alicyclic amines) is 1. The number of hydrogen-bond acceptors (Lipinski definition) is 3. The molecule has 33 heavy (non-hydrogen) atoms. The summed E-state index contributed by atoms with van der Waals surface area (Å²) < 4.78 is 0. The minimum Gasteiger partial charge on any atom is -0.361 e. The summed E-state index contributed by atoms with van der Waals surface area (Å²) in [6.07, 6.45) is 6.23. The zero-order valence-electron chi connectivity index (χ0n) is 19.5. The SMILES string of the molecule is CC(C)(N)C(=O)NC(Cc1c[nH]c2ccccc12)C(=O)N1CCCCC1Cc1ccccc1. The second kappa shape index (κ2) is 9.79. The fourth-order valence-corrected chi connectivity index (χ4v) is 4.65. The van der Waals surface area contributed by atoms with E-state index in [-0.39, 0.29) is 17.9 Å². The number of nitrogens with two attached hydrogens (primary N) is 1. The molecule has 1 saturated heterocycles. The van der Waals surface area contributed by atoms with Gasteiger partial charge in [0, 0.05) is 36.1 Å². The number of hydrogen-bond donors (Lipinski definition) is 3. The van der Waals surface area contributed by atoms with Crippen LogP contribution in [0.15, 0.2) is 60.8 Å².